The molecule has 1 saturated heterocycles. The quantitative estimate of drug-likeness (QED) is 0.515. The van der Waals surface area contributed by atoms with Gasteiger partial charge in [0.15, 0.2) is 0 Å². The van der Waals surface area contributed by atoms with Crippen LogP contribution in [0.2, 0.25) is 0 Å². The Morgan fingerprint density at radius 2 is 2.00 bits per heavy atom. The van der Waals surface area contributed by atoms with Crippen molar-refractivity contribution >= 4 is 5.69 Å². The van der Waals surface area contributed by atoms with Crippen molar-refractivity contribution in [2.45, 2.75) is 12.5 Å². The van der Waals surface area contributed by atoms with E-state index in [1.807, 2.05) is 0 Å². The van der Waals surface area contributed by atoms with Crippen LogP contribution in [-0.2, 0) is 4.74 Å². The monoisotopic (exact) mass is 179 g/mol. The molecule has 0 saturated carbocycles. The minimum absolute atomic E-state index is 0.128. The maximum absolute atomic E-state index is 10.3. The zero-order valence-corrected chi connectivity index (χ0v) is 6.97. The van der Waals surface area contributed by atoms with Gasteiger partial charge in [-0.1, -0.05) is 0 Å². The Balaban J connectivity index is 2.17. The Labute approximate surface area is 75.3 Å². The summed E-state index contributed by atoms with van der Waals surface area (Å²) in [5.74, 6) is 0. The predicted molar refractivity (Wildman–Crippen MR) is 46.4 cm³/mol. The highest BCUT2D eigenvalue weighted by Crippen LogP contribution is 2.29. The molecule has 1 unspecified atom stereocenters. The largest absolute Gasteiger partial charge is 0.373 e. The van der Waals surface area contributed by atoms with Gasteiger partial charge in [-0.2, -0.15) is 0 Å². The highest BCUT2D eigenvalue weighted by atomic mass is 16.6. The zero-order valence-electron chi connectivity index (χ0n) is 6.97. The Kier molecular flexibility index (Phi) is 1.98. The van der Waals surface area contributed by atoms with E-state index in [2.05, 4.69) is 0 Å². The Bertz CT molecular complexity index is 316. The van der Waals surface area contributed by atoms with Crippen molar-refractivity contribution < 1.29 is 9.66 Å². The summed E-state index contributed by atoms with van der Waals surface area (Å²) < 4.78 is 5.25. The normalized spacial score (nSPS) is 20.8. The van der Waals surface area contributed by atoms with Crippen LogP contribution in [0.4, 0.5) is 5.69 Å². The molecule has 1 aromatic rings. The van der Waals surface area contributed by atoms with E-state index in [0.29, 0.717) is 0 Å². The summed E-state index contributed by atoms with van der Waals surface area (Å²) >= 11 is 0. The Morgan fingerprint density at radius 1 is 1.38 bits per heavy atom. The molecule has 0 radical (unpaired) electrons. The van der Waals surface area contributed by atoms with Crippen LogP contribution in [0, 0.1) is 10.1 Å². The standard InChI is InChI=1S/C9H9NO3/c11-10(12)8-3-1-7(2-4-8)9-5-6-13-9/h1-4,9H,5-6H2. The summed E-state index contributed by atoms with van der Waals surface area (Å²) in [5, 5.41) is 10.3. The summed E-state index contributed by atoms with van der Waals surface area (Å²) in [6.07, 6.45) is 1.17. The lowest BCUT2D eigenvalue weighted by Gasteiger charge is -2.26. The first kappa shape index (κ1) is 8.19. The van der Waals surface area contributed by atoms with E-state index in [1.165, 1.54) is 12.1 Å². The van der Waals surface area contributed by atoms with Crippen LogP contribution in [0.3, 0.4) is 0 Å². The number of nitro benzene ring substituents is 1. The van der Waals surface area contributed by atoms with Crippen LogP contribution in [-0.4, -0.2) is 11.5 Å². The number of hydrogen-bond donors (Lipinski definition) is 0. The predicted octanol–water partition coefficient (Wildman–Crippen LogP) is 2.06. The van der Waals surface area contributed by atoms with Gasteiger partial charge in [0.25, 0.3) is 5.69 Å². The number of benzene rings is 1. The maximum Gasteiger partial charge on any atom is 0.269 e. The lowest BCUT2D eigenvalue weighted by atomic mass is 10.0. The van der Waals surface area contributed by atoms with E-state index >= 15 is 0 Å². The molecule has 0 bridgehead atoms. The molecule has 1 aromatic carbocycles. The molecule has 1 atom stereocenters. The van der Waals surface area contributed by atoms with Crippen LogP contribution in [0.25, 0.3) is 0 Å². The highest BCUT2D eigenvalue weighted by molar-refractivity contribution is 5.34. The molecule has 0 aromatic heterocycles. The molecule has 68 valence electrons. The maximum atomic E-state index is 10.3. The highest BCUT2D eigenvalue weighted by Gasteiger charge is 2.20. The van der Waals surface area contributed by atoms with E-state index in [9.17, 15) is 10.1 Å². The average molecular weight is 179 g/mol. The number of ether oxygens (including phenoxy) is 1. The molecule has 4 nitrogen and oxygen atoms in total. The summed E-state index contributed by atoms with van der Waals surface area (Å²) in [6.45, 7) is 0.793. The van der Waals surface area contributed by atoms with Crippen molar-refractivity contribution in [3.05, 3.63) is 39.9 Å². The number of rotatable bonds is 2. The molecule has 1 aliphatic heterocycles. The van der Waals surface area contributed by atoms with Gasteiger partial charge in [0.1, 0.15) is 0 Å². The van der Waals surface area contributed by atoms with Gasteiger partial charge in [-0.25, -0.2) is 0 Å². The molecule has 0 N–H and O–H groups in total. The topological polar surface area (TPSA) is 52.4 Å². The number of hydrogen-bond acceptors (Lipinski definition) is 3. The van der Waals surface area contributed by atoms with Crippen LogP contribution in [0.5, 0.6) is 0 Å². The lowest BCUT2D eigenvalue weighted by Crippen LogP contribution is -2.17. The molecule has 1 heterocycles. The summed E-state index contributed by atoms with van der Waals surface area (Å²) in [7, 11) is 0. The van der Waals surface area contributed by atoms with Crippen LogP contribution >= 0.6 is 0 Å². The van der Waals surface area contributed by atoms with E-state index in [-0.39, 0.29) is 11.8 Å². The summed E-state index contributed by atoms with van der Waals surface area (Å²) in [5.41, 5.74) is 1.15. The lowest BCUT2D eigenvalue weighted by molar-refractivity contribution is -0.384. The fourth-order valence-electron chi connectivity index (χ4n) is 1.31. The molecule has 4 heteroatoms. The third kappa shape index (κ3) is 1.53. The van der Waals surface area contributed by atoms with Crippen molar-refractivity contribution in [1.82, 2.24) is 0 Å². The van der Waals surface area contributed by atoms with E-state index < -0.39 is 4.92 Å². The van der Waals surface area contributed by atoms with Crippen LogP contribution < -0.4 is 0 Å². The Hall–Kier alpha value is -1.42. The fraction of sp³-hybridized carbons (Fsp3) is 0.333. The molecule has 0 aliphatic carbocycles. The molecular weight excluding hydrogens is 170 g/mol. The average Bonchev–Trinajstić information content (AvgIpc) is 2.02. The minimum atomic E-state index is -0.397. The number of nitrogens with zero attached hydrogens (tertiary/aromatic N) is 1. The first-order chi connectivity index (χ1) is 6.27. The van der Waals surface area contributed by atoms with Gasteiger partial charge < -0.3 is 4.74 Å². The number of non-ortho nitro benzene ring substituents is 1. The minimum Gasteiger partial charge on any atom is -0.373 e. The van der Waals surface area contributed by atoms with Gasteiger partial charge in [0, 0.05) is 18.6 Å². The van der Waals surface area contributed by atoms with Crippen molar-refractivity contribution in [2.75, 3.05) is 6.61 Å². The molecule has 13 heavy (non-hydrogen) atoms. The van der Waals surface area contributed by atoms with Crippen molar-refractivity contribution in [3.8, 4) is 0 Å². The van der Waals surface area contributed by atoms with Crippen molar-refractivity contribution in [1.29, 1.82) is 0 Å². The van der Waals surface area contributed by atoms with E-state index in [0.717, 1.165) is 18.6 Å². The fourth-order valence-corrected chi connectivity index (χ4v) is 1.31. The third-order valence-electron chi connectivity index (χ3n) is 2.17. The summed E-state index contributed by atoms with van der Waals surface area (Å²) in [4.78, 5) is 9.94. The smallest absolute Gasteiger partial charge is 0.269 e. The first-order valence-corrected chi connectivity index (χ1v) is 4.13. The molecule has 2 rings (SSSR count). The van der Waals surface area contributed by atoms with Gasteiger partial charge in [-0.3, -0.25) is 10.1 Å². The van der Waals surface area contributed by atoms with Gasteiger partial charge in [-0.15, -0.1) is 0 Å². The SMILES string of the molecule is O=[N+]([O-])c1ccc(C2CCO2)cc1. The van der Waals surface area contributed by atoms with Crippen LogP contribution in [0.1, 0.15) is 18.1 Å². The van der Waals surface area contributed by atoms with Crippen LogP contribution in [0.15, 0.2) is 24.3 Å². The van der Waals surface area contributed by atoms with Gasteiger partial charge >= 0.3 is 0 Å². The van der Waals surface area contributed by atoms with Crippen molar-refractivity contribution in [3.63, 3.8) is 0 Å². The summed E-state index contributed by atoms with van der Waals surface area (Å²) in [6, 6.07) is 6.53. The van der Waals surface area contributed by atoms with Crippen molar-refractivity contribution in [2.24, 2.45) is 0 Å². The first-order valence-electron chi connectivity index (χ1n) is 4.13. The second kappa shape index (κ2) is 3.14. The second-order valence-corrected chi connectivity index (χ2v) is 3.00. The zero-order chi connectivity index (χ0) is 9.26. The molecule has 0 amide bonds. The van der Waals surface area contributed by atoms with Gasteiger partial charge in [0.2, 0.25) is 0 Å². The van der Waals surface area contributed by atoms with E-state index in [1.54, 1.807) is 12.1 Å². The second-order valence-electron chi connectivity index (χ2n) is 3.00. The molecule has 1 fully saturated rings. The third-order valence-corrected chi connectivity index (χ3v) is 2.17. The Morgan fingerprint density at radius 3 is 2.38 bits per heavy atom. The van der Waals surface area contributed by atoms with E-state index in [4.69, 9.17) is 4.74 Å². The molecule has 1 aliphatic rings. The molecular formula is C9H9NO3. The number of nitro groups is 1. The van der Waals surface area contributed by atoms with Gasteiger partial charge in [-0.05, 0) is 17.7 Å². The van der Waals surface area contributed by atoms with Gasteiger partial charge in [0.05, 0.1) is 17.6 Å². The molecule has 0 spiro atoms.